The lowest BCUT2D eigenvalue weighted by Crippen LogP contribution is -2.21. The molecule has 4 nitrogen and oxygen atoms in total. The minimum absolute atomic E-state index is 0.312. The molecule has 0 saturated carbocycles. The molecule has 30 heavy (non-hydrogen) atoms. The predicted octanol–water partition coefficient (Wildman–Crippen LogP) is 7.91. The van der Waals surface area contributed by atoms with Gasteiger partial charge in [-0.2, -0.15) is 0 Å². The molecule has 4 heteroatoms. The first-order valence-corrected chi connectivity index (χ1v) is 13.1. The molecule has 0 fully saturated rings. The second-order valence-corrected chi connectivity index (χ2v) is 8.64. The van der Waals surface area contributed by atoms with Crippen LogP contribution in [0.15, 0.2) is 0 Å². The smallest absolute Gasteiger partial charge is 0.417 e. The summed E-state index contributed by atoms with van der Waals surface area (Å²) in [4.78, 5) is 23.0. The number of esters is 2. The van der Waals surface area contributed by atoms with Crippen molar-refractivity contribution in [2.75, 3.05) is 13.2 Å². The highest BCUT2D eigenvalue weighted by Crippen LogP contribution is 2.13. The van der Waals surface area contributed by atoms with E-state index in [2.05, 4.69) is 13.8 Å². The van der Waals surface area contributed by atoms with Crippen LogP contribution in [-0.2, 0) is 19.1 Å². The summed E-state index contributed by atoms with van der Waals surface area (Å²) in [6.07, 6.45) is 25.1. The zero-order valence-electron chi connectivity index (χ0n) is 20.2. The van der Waals surface area contributed by atoms with Gasteiger partial charge in [0.05, 0.1) is 13.2 Å². The molecule has 0 saturated heterocycles. The molecule has 0 amide bonds. The third-order valence-electron chi connectivity index (χ3n) is 5.63. The maximum Gasteiger partial charge on any atom is 0.417 e. The molecule has 0 rings (SSSR count). The van der Waals surface area contributed by atoms with Crippen LogP contribution in [0.2, 0.25) is 0 Å². The number of unbranched alkanes of at least 4 members (excludes halogenated alkanes) is 18. The Kier molecular flexibility index (Phi) is 23.4. The lowest BCUT2D eigenvalue weighted by atomic mass is 10.0. The first-order chi connectivity index (χ1) is 14.7. The molecule has 0 bridgehead atoms. The Morgan fingerprint density at radius 3 is 0.933 bits per heavy atom. The fourth-order valence-electron chi connectivity index (χ4n) is 3.63. The summed E-state index contributed by atoms with van der Waals surface area (Å²) in [5.41, 5.74) is 0. The highest BCUT2D eigenvalue weighted by molar-refractivity contribution is 6.29. The van der Waals surface area contributed by atoms with Gasteiger partial charge in [-0.25, -0.2) is 9.59 Å². The zero-order valence-corrected chi connectivity index (χ0v) is 20.2. The molecule has 0 heterocycles. The Morgan fingerprint density at radius 1 is 0.400 bits per heavy atom. The summed E-state index contributed by atoms with van der Waals surface area (Å²) in [6, 6.07) is 0. The molecule has 0 spiro atoms. The van der Waals surface area contributed by atoms with Gasteiger partial charge in [0.1, 0.15) is 0 Å². The van der Waals surface area contributed by atoms with Crippen LogP contribution in [0.5, 0.6) is 0 Å². The number of hydrogen-bond donors (Lipinski definition) is 0. The van der Waals surface area contributed by atoms with Crippen LogP contribution in [0.1, 0.15) is 142 Å². The highest BCUT2D eigenvalue weighted by Gasteiger charge is 2.16. The molecule has 0 radical (unpaired) electrons. The van der Waals surface area contributed by atoms with Crippen molar-refractivity contribution in [2.45, 2.75) is 142 Å². The van der Waals surface area contributed by atoms with E-state index >= 15 is 0 Å². The van der Waals surface area contributed by atoms with Crippen molar-refractivity contribution in [2.24, 2.45) is 0 Å². The fraction of sp³-hybridized carbons (Fsp3) is 0.923. The van der Waals surface area contributed by atoms with Crippen LogP contribution < -0.4 is 0 Å². The first kappa shape index (κ1) is 28.9. The SMILES string of the molecule is CCCCCCCCCCCCCCCCCCOC(=O)C(=O)OCCCCCC. The van der Waals surface area contributed by atoms with Crippen LogP contribution in [0.3, 0.4) is 0 Å². The Bertz CT molecular complexity index is 381. The van der Waals surface area contributed by atoms with Crippen molar-refractivity contribution in [3.8, 4) is 0 Å². The van der Waals surface area contributed by atoms with Crippen LogP contribution in [-0.4, -0.2) is 25.2 Å². The molecular weight excluding hydrogens is 376 g/mol. The van der Waals surface area contributed by atoms with Crippen molar-refractivity contribution >= 4 is 11.9 Å². The molecule has 0 atom stereocenters. The van der Waals surface area contributed by atoms with E-state index in [4.69, 9.17) is 9.47 Å². The summed E-state index contributed by atoms with van der Waals surface area (Å²) in [7, 11) is 0. The fourth-order valence-corrected chi connectivity index (χ4v) is 3.63. The third-order valence-corrected chi connectivity index (χ3v) is 5.63. The highest BCUT2D eigenvalue weighted by atomic mass is 16.6. The normalized spacial score (nSPS) is 10.9. The zero-order chi connectivity index (χ0) is 22.1. The Hall–Kier alpha value is -1.06. The molecule has 0 unspecified atom stereocenters. The average molecular weight is 427 g/mol. The standard InChI is InChI=1S/C26H50O4/c1-3-5-7-9-10-11-12-13-14-15-16-17-18-19-20-22-24-30-26(28)25(27)29-23-21-8-6-4-2/h3-24H2,1-2H3. The van der Waals surface area contributed by atoms with Gasteiger partial charge in [-0.05, 0) is 12.8 Å². The minimum Gasteiger partial charge on any atom is -0.457 e. The van der Waals surface area contributed by atoms with Crippen LogP contribution in [0.4, 0.5) is 0 Å². The van der Waals surface area contributed by atoms with Crippen LogP contribution in [0.25, 0.3) is 0 Å². The van der Waals surface area contributed by atoms with Gasteiger partial charge >= 0.3 is 11.9 Å². The first-order valence-electron chi connectivity index (χ1n) is 13.1. The van der Waals surface area contributed by atoms with Gasteiger partial charge in [0, 0.05) is 0 Å². The summed E-state index contributed by atoms with van der Waals surface area (Å²) >= 11 is 0. The summed E-state index contributed by atoms with van der Waals surface area (Å²) in [5, 5.41) is 0. The number of hydrogen-bond acceptors (Lipinski definition) is 4. The molecule has 0 aliphatic heterocycles. The van der Waals surface area contributed by atoms with Crippen molar-refractivity contribution in [3.63, 3.8) is 0 Å². The van der Waals surface area contributed by atoms with Crippen molar-refractivity contribution in [1.29, 1.82) is 0 Å². The maximum absolute atomic E-state index is 11.5. The Labute approximate surface area is 186 Å². The number of carbonyl (C=O) groups excluding carboxylic acids is 2. The van der Waals surface area contributed by atoms with Gasteiger partial charge in [-0.15, -0.1) is 0 Å². The van der Waals surface area contributed by atoms with E-state index in [0.717, 1.165) is 38.5 Å². The third kappa shape index (κ3) is 21.6. The summed E-state index contributed by atoms with van der Waals surface area (Å²) in [5.74, 6) is -1.69. The van der Waals surface area contributed by atoms with E-state index < -0.39 is 11.9 Å². The van der Waals surface area contributed by atoms with E-state index in [1.807, 2.05) is 0 Å². The summed E-state index contributed by atoms with van der Waals surface area (Å²) in [6.45, 7) is 5.03. The molecule has 0 N–H and O–H groups in total. The number of ether oxygens (including phenoxy) is 2. The molecule has 0 aliphatic carbocycles. The molecule has 0 aromatic carbocycles. The quantitative estimate of drug-likeness (QED) is 0.100. The number of carbonyl (C=O) groups is 2. The molecule has 0 aromatic heterocycles. The Balaban J connectivity index is 3.23. The lowest BCUT2D eigenvalue weighted by molar-refractivity contribution is -0.167. The van der Waals surface area contributed by atoms with Gasteiger partial charge in [0.15, 0.2) is 0 Å². The monoisotopic (exact) mass is 426 g/mol. The molecule has 0 aliphatic rings. The minimum atomic E-state index is -0.844. The van der Waals surface area contributed by atoms with E-state index in [-0.39, 0.29) is 0 Å². The lowest BCUT2D eigenvalue weighted by Gasteiger charge is -2.06. The number of rotatable bonds is 22. The molecular formula is C26H50O4. The summed E-state index contributed by atoms with van der Waals surface area (Å²) < 4.78 is 9.91. The van der Waals surface area contributed by atoms with Crippen LogP contribution in [0, 0.1) is 0 Å². The second-order valence-electron chi connectivity index (χ2n) is 8.64. The average Bonchev–Trinajstić information content (AvgIpc) is 2.75. The van der Waals surface area contributed by atoms with Crippen molar-refractivity contribution < 1.29 is 19.1 Å². The van der Waals surface area contributed by atoms with Crippen molar-refractivity contribution in [3.05, 3.63) is 0 Å². The van der Waals surface area contributed by atoms with Crippen molar-refractivity contribution in [1.82, 2.24) is 0 Å². The molecule has 178 valence electrons. The van der Waals surface area contributed by atoms with E-state index in [0.29, 0.717) is 13.2 Å². The van der Waals surface area contributed by atoms with Gasteiger partial charge in [0.25, 0.3) is 0 Å². The van der Waals surface area contributed by atoms with Gasteiger partial charge < -0.3 is 9.47 Å². The van der Waals surface area contributed by atoms with Gasteiger partial charge in [-0.1, -0.05) is 129 Å². The second kappa shape index (κ2) is 24.2. The van der Waals surface area contributed by atoms with Gasteiger partial charge in [-0.3, -0.25) is 0 Å². The maximum atomic E-state index is 11.5. The largest absolute Gasteiger partial charge is 0.457 e. The van der Waals surface area contributed by atoms with Crippen LogP contribution >= 0.6 is 0 Å². The Morgan fingerprint density at radius 2 is 0.633 bits per heavy atom. The van der Waals surface area contributed by atoms with E-state index in [1.165, 1.54) is 89.9 Å². The van der Waals surface area contributed by atoms with E-state index in [9.17, 15) is 9.59 Å². The predicted molar refractivity (Wildman–Crippen MR) is 126 cm³/mol. The van der Waals surface area contributed by atoms with Gasteiger partial charge in [0.2, 0.25) is 0 Å². The van der Waals surface area contributed by atoms with E-state index in [1.54, 1.807) is 0 Å². The molecule has 0 aromatic rings. The topological polar surface area (TPSA) is 52.6 Å².